The van der Waals surface area contributed by atoms with Crippen LogP contribution in [0.4, 0.5) is 21.7 Å². The van der Waals surface area contributed by atoms with Crippen LogP contribution in [0.25, 0.3) is 0 Å². The SMILES string of the molecule is N#Cc1ccc(N2CCN(c3cc(N4CCCCC4CO)ncn3)CC2)c(F)c1. The molecule has 1 N–H and O–H groups in total. The first-order chi connectivity index (χ1) is 14.2. The second-order valence-electron chi connectivity index (χ2n) is 7.51. The van der Waals surface area contributed by atoms with Gasteiger partial charge in [-0.05, 0) is 37.5 Å². The molecular formula is C21H25FN6O. The Balaban J connectivity index is 1.44. The maximum atomic E-state index is 14.3. The predicted octanol–water partition coefficient (Wildman–Crippen LogP) is 2.17. The second-order valence-corrected chi connectivity index (χ2v) is 7.51. The van der Waals surface area contributed by atoms with Gasteiger partial charge in [-0.2, -0.15) is 5.26 Å². The van der Waals surface area contributed by atoms with Crippen LogP contribution in [0.1, 0.15) is 24.8 Å². The van der Waals surface area contributed by atoms with Crippen molar-refractivity contribution >= 4 is 17.3 Å². The van der Waals surface area contributed by atoms with Crippen molar-refractivity contribution in [2.24, 2.45) is 0 Å². The Labute approximate surface area is 170 Å². The van der Waals surface area contributed by atoms with Gasteiger partial charge < -0.3 is 19.8 Å². The zero-order valence-electron chi connectivity index (χ0n) is 16.3. The number of piperidine rings is 1. The predicted molar refractivity (Wildman–Crippen MR) is 110 cm³/mol. The average Bonchev–Trinajstić information content (AvgIpc) is 2.79. The smallest absolute Gasteiger partial charge is 0.147 e. The summed E-state index contributed by atoms with van der Waals surface area (Å²) in [6.07, 6.45) is 4.79. The Bertz CT molecular complexity index is 893. The zero-order valence-corrected chi connectivity index (χ0v) is 16.3. The van der Waals surface area contributed by atoms with Gasteiger partial charge in [0, 0.05) is 38.8 Å². The maximum Gasteiger partial charge on any atom is 0.147 e. The third-order valence-electron chi connectivity index (χ3n) is 5.79. The number of rotatable bonds is 4. The maximum absolute atomic E-state index is 14.3. The molecule has 29 heavy (non-hydrogen) atoms. The van der Waals surface area contributed by atoms with Crippen LogP contribution in [0.15, 0.2) is 30.6 Å². The number of hydrogen-bond donors (Lipinski definition) is 1. The van der Waals surface area contributed by atoms with Crippen LogP contribution < -0.4 is 14.7 Å². The summed E-state index contributed by atoms with van der Waals surface area (Å²) >= 11 is 0. The lowest BCUT2D eigenvalue weighted by molar-refractivity contribution is 0.239. The Morgan fingerprint density at radius 3 is 2.52 bits per heavy atom. The molecule has 7 nitrogen and oxygen atoms in total. The fraction of sp³-hybridized carbons (Fsp3) is 0.476. The van der Waals surface area contributed by atoms with Gasteiger partial charge in [0.25, 0.3) is 0 Å². The molecule has 1 unspecified atom stereocenters. The van der Waals surface area contributed by atoms with E-state index in [0.717, 1.165) is 50.5 Å². The number of hydrogen-bond acceptors (Lipinski definition) is 7. The van der Waals surface area contributed by atoms with E-state index >= 15 is 0 Å². The first kappa shape index (κ1) is 19.4. The number of aromatic nitrogens is 2. The van der Waals surface area contributed by atoms with Crippen molar-refractivity contribution in [3.63, 3.8) is 0 Å². The molecule has 1 atom stereocenters. The number of piperazine rings is 1. The van der Waals surface area contributed by atoms with Gasteiger partial charge in [0.15, 0.2) is 0 Å². The molecular weight excluding hydrogens is 371 g/mol. The monoisotopic (exact) mass is 396 g/mol. The van der Waals surface area contributed by atoms with Crippen molar-refractivity contribution in [2.75, 3.05) is 54.0 Å². The summed E-state index contributed by atoms with van der Waals surface area (Å²) < 4.78 is 14.3. The normalized spacial score (nSPS) is 19.9. The molecule has 4 rings (SSSR count). The Morgan fingerprint density at radius 1 is 1.03 bits per heavy atom. The van der Waals surface area contributed by atoms with Crippen molar-refractivity contribution in [3.8, 4) is 6.07 Å². The molecule has 1 aromatic heterocycles. The third kappa shape index (κ3) is 4.10. The minimum absolute atomic E-state index is 0.114. The minimum Gasteiger partial charge on any atom is -0.394 e. The molecule has 2 aromatic rings. The summed E-state index contributed by atoms with van der Waals surface area (Å²) in [5, 5.41) is 18.6. The van der Waals surface area contributed by atoms with Crippen molar-refractivity contribution in [1.82, 2.24) is 9.97 Å². The Kier molecular flexibility index (Phi) is 5.76. The van der Waals surface area contributed by atoms with Crippen LogP contribution in [0.3, 0.4) is 0 Å². The second kappa shape index (κ2) is 8.62. The molecule has 0 aliphatic carbocycles. The first-order valence-corrected chi connectivity index (χ1v) is 10.1. The standard InChI is InChI=1S/C21H25FN6O/c22-18-11-16(13-23)4-5-19(18)26-7-9-27(10-8-26)20-12-21(25-15-24-20)28-6-2-1-3-17(28)14-29/h4-5,11-12,15,17,29H,1-3,6-10,14H2. The van der Waals surface area contributed by atoms with Crippen LogP contribution in [-0.4, -0.2) is 60.4 Å². The average molecular weight is 396 g/mol. The van der Waals surface area contributed by atoms with E-state index in [-0.39, 0.29) is 18.5 Å². The van der Waals surface area contributed by atoms with Gasteiger partial charge in [-0.25, -0.2) is 14.4 Å². The Morgan fingerprint density at radius 2 is 1.79 bits per heavy atom. The van der Waals surface area contributed by atoms with E-state index in [1.807, 2.05) is 17.0 Å². The lowest BCUT2D eigenvalue weighted by atomic mass is 10.0. The lowest BCUT2D eigenvalue weighted by Gasteiger charge is -2.38. The molecule has 8 heteroatoms. The van der Waals surface area contributed by atoms with E-state index in [4.69, 9.17) is 5.26 Å². The van der Waals surface area contributed by atoms with E-state index in [9.17, 15) is 9.50 Å². The van der Waals surface area contributed by atoms with Crippen LogP contribution in [-0.2, 0) is 0 Å². The van der Waals surface area contributed by atoms with Gasteiger partial charge in [-0.3, -0.25) is 0 Å². The molecule has 2 fully saturated rings. The van der Waals surface area contributed by atoms with Crippen molar-refractivity contribution in [2.45, 2.75) is 25.3 Å². The summed E-state index contributed by atoms with van der Waals surface area (Å²) in [4.78, 5) is 15.2. The van der Waals surface area contributed by atoms with Crippen molar-refractivity contribution in [3.05, 3.63) is 42.0 Å². The molecule has 0 saturated carbocycles. The van der Waals surface area contributed by atoms with Crippen LogP contribution in [0.5, 0.6) is 0 Å². The van der Waals surface area contributed by atoms with Gasteiger partial charge in [0.1, 0.15) is 23.8 Å². The van der Waals surface area contributed by atoms with Crippen LogP contribution in [0.2, 0.25) is 0 Å². The highest BCUT2D eigenvalue weighted by molar-refractivity contribution is 5.55. The summed E-state index contributed by atoms with van der Waals surface area (Å²) in [6, 6.07) is 8.69. The molecule has 0 radical (unpaired) electrons. The summed E-state index contributed by atoms with van der Waals surface area (Å²) in [5.41, 5.74) is 0.864. The summed E-state index contributed by atoms with van der Waals surface area (Å²) in [6.45, 7) is 3.82. The van der Waals surface area contributed by atoms with Gasteiger partial charge in [-0.1, -0.05) is 0 Å². The Hall–Kier alpha value is -2.92. The molecule has 0 amide bonds. The topological polar surface area (TPSA) is 79.5 Å². The summed E-state index contributed by atoms with van der Waals surface area (Å²) in [7, 11) is 0. The molecule has 2 aliphatic heterocycles. The molecule has 0 spiro atoms. The quantitative estimate of drug-likeness (QED) is 0.848. The first-order valence-electron chi connectivity index (χ1n) is 10.1. The zero-order chi connectivity index (χ0) is 20.2. The number of halogens is 1. The highest BCUT2D eigenvalue weighted by atomic mass is 19.1. The number of aliphatic hydroxyl groups excluding tert-OH is 1. The highest BCUT2D eigenvalue weighted by Crippen LogP contribution is 2.27. The molecule has 1 aromatic carbocycles. The van der Waals surface area contributed by atoms with E-state index in [2.05, 4.69) is 19.8 Å². The van der Waals surface area contributed by atoms with Gasteiger partial charge in [-0.15, -0.1) is 0 Å². The van der Waals surface area contributed by atoms with Gasteiger partial charge in [0.2, 0.25) is 0 Å². The fourth-order valence-electron chi connectivity index (χ4n) is 4.17. The molecule has 2 saturated heterocycles. The van der Waals surface area contributed by atoms with Gasteiger partial charge in [0.05, 0.1) is 30.0 Å². The number of aliphatic hydroxyl groups is 1. The largest absolute Gasteiger partial charge is 0.394 e. The molecule has 0 bridgehead atoms. The van der Waals surface area contributed by atoms with Crippen molar-refractivity contribution in [1.29, 1.82) is 5.26 Å². The number of anilines is 3. The number of nitriles is 1. The summed E-state index contributed by atoms with van der Waals surface area (Å²) in [5.74, 6) is 1.36. The molecule has 2 aliphatic rings. The number of nitrogens with zero attached hydrogens (tertiary/aromatic N) is 6. The van der Waals surface area contributed by atoms with Crippen LogP contribution >= 0.6 is 0 Å². The molecule has 3 heterocycles. The minimum atomic E-state index is -0.359. The van der Waals surface area contributed by atoms with E-state index in [1.165, 1.54) is 6.07 Å². The highest BCUT2D eigenvalue weighted by Gasteiger charge is 2.25. The third-order valence-corrected chi connectivity index (χ3v) is 5.79. The van der Waals surface area contributed by atoms with Crippen LogP contribution in [0, 0.1) is 17.1 Å². The number of benzene rings is 1. The fourth-order valence-corrected chi connectivity index (χ4v) is 4.17. The van der Waals surface area contributed by atoms with E-state index in [1.54, 1.807) is 18.5 Å². The molecule has 152 valence electrons. The lowest BCUT2D eigenvalue weighted by Crippen LogP contribution is -2.47. The van der Waals surface area contributed by atoms with Crippen molar-refractivity contribution < 1.29 is 9.50 Å². The van der Waals surface area contributed by atoms with Gasteiger partial charge >= 0.3 is 0 Å². The van der Waals surface area contributed by atoms with E-state index in [0.29, 0.717) is 24.3 Å². The van der Waals surface area contributed by atoms with E-state index < -0.39 is 0 Å².